The number of nitrogens with zero attached hydrogens (tertiary/aromatic N) is 3. The summed E-state index contributed by atoms with van der Waals surface area (Å²) in [6.07, 6.45) is 1.16. The Morgan fingerprint density at radius 1 is 1.25 bits per heavy atom. The van der Waals surface area contributed by atoms with Crippen molar-refractivity contribution in [2.24, 2.45) is 0 Å². The molecular formula is C18H18N4O5S. The first kappa shape index (κ1) is 20.9. The molecule has 10 heteroatoms. The highest BCUT2D eigenvalue weighted by Gasteiger charge is 2.25. The SMILES string of the molecule is Cc1c(N(CC(=O)Nc2ccc(CC#N)cc2)S(C)(=O)=O)cccc1[N+](=O)[O-]. The van der Waals surface area contributed by atoms with Crippen LogP contribution in [0.15, 0.2) is 42.5 Å². The zero-order valence-corrected chi connectivity index (χ0v) is 16.1. The third-order valence-corrected chi connectivity index (χ3v) is 5.08. The van der Waals surface area contributed by atoms with Crippen LogP contribution >= 0.6 is 0 Å². The van der Waals surface area contributed by atoms with E-state index in [1.54, 1.807) is 24.3 Å². The summed E-state index contributed by atoms with van der Waals surface area (Å²) in [4.78, 5) is 22.9. The number of benzene rings is 2. The molecule has 0 aromatic heterocycles. The van der Waals surface area contributed by atoms with Crippen LogP contribution < -0.4 is 9.62 Å². The van der Waals surface area contributed by atoms with Crippen molar-refractivity contribution in [3.05, 3.63) is 63.7 Å². The Hall–Kier alpha value is -3.45. The Morgan fingerprint density at radius 3 is 2.43 bits per heavy atom. The largest absolute Gasteiger partial charge is 0.325 e. The molecule has 0 radical (unpaired) electrons. The number of nitro benzene ring substituents is 1. The van der Waals surface area contributed by atoms with Gasteiger partial charge in [0.1, 0.15) is 6.54 Å². The lowest BCUT2D eigenvalue weighted by Crippen LogP contribution is -2.38. The van der Waals surface area contributed by atoms with Crippen LogP contribution in [-0.2, 0) is 21.2 Å². The molecule has 2 rings (SSSR count). The van der Waals surface area contributed by atoms with Crippen molar-refractivity contribution in [2.75, 3.05) is 22.4 Å². The first-order valence-electron chi connectivity index (χ1n) is 8.11. The summed E-state index contributed by atoms with van der Waals surface area (Å²) in [7, 11) is -3.87. The summed E-state index contributed by atoms with van der Waals surface area (Å²) in [6, 6.07) is 12.6. The number of amides is 1. The predicted octanol–water partition coefficient (Wildman–Crippen LogP) is 2.37. The molecule has 0 fully saturated rings. The van der Waals surface area contributed by atoms with Crippen molar-refractivity contribution in [1.82, 2.24) is 0 Å². The molecule has 0 bridgehead atoms. The van der Waals surface area contributed by atoms with Crippen LogP contribution in [0.25, 0.3) is 0 Å². The van der Waals surface area contributed by atoms with E-state index in [0.29, 0.717) is 5.69 Å². The van der Waals surface area contributed by atoms with Gasteiger partial charge >= 0.3 is 0 Å². The van der Waals surface area contributed by atoms with Gasteiger partial charge in [0.15, 0.2) is 0 Å². The molecule has 2 aromatic rings. The van der Waals surface area contributed by atoms with Crippen molar-refractivity contribution in [3.63, 3.8) is 0 Å². The van der Waals surface area contributed by atoms with E-state index in [9.17, 15) is 23.3 Å². The molecule has 0 spiro atoms. The van der Waals surface area contributed by atoms with E-state index >= 15 is 0 Å². The lowest BCUT2D eigenvalue weighted by atomic mass is 10.1. The van der Waals surface area contributed by atoms with Crippen molar-refractivity contribution in [3.8, 4) is 6.07 Å². The number of carbonyl (C=O) groups excluding carboxylic acids is 1. The van der Waals surface area contributed by atoms with Gasteiger partial charge < -0.3 is 5.32 Å². The van der Waals surface area contributed by atoms with E-state index in [-0.39, 0.29) is 23.4 Å². The smallest absolute Gasteiger partial charge is 0.274 e. The Kier molecular flexibility index (Phi) is 6.33. The lowest BCUT2D eigenvalue weighted by molar-refractivity contribution is -0.385. The first-order chi connectivity index (χ1) is 13.1. The Morgan fingerprint density at radius 2 is 1.89 bits per heavy atom. The fourth-order valence-electron chi connectivity index (χ4n) is 2.59. The molecule has 0 saturated heterocycles. The number of nitrogens with one attached hydrogen (secondary N) is 1. The molecule has 0 aliphatic carbocycles. The molecule has 28 heavy (non-hydrogen) atoms. The summed E-state index contributed by atoms with van der Waals surface area (Å²) in [6.45, 7) is 0.887. The minimum absolute atomic E-state index is 0.0659. The molecule has 0 aliphatic rings. The van der Waals surface area contributed by atoms with Crippen LogP contribution in [0, 0.1) is 28.4 Å². The Labute approximate surface area is 162 Å². The highest BCUT2D eigenvalue weighted by molar-refractivity contribution is 7.92. The van der Waals surface area contributed by atoms with Crippen LogP contribution in [0.2, 0.25) is 0 Å². The van der Waals surface area contributed by atoms with E-state index in [0.717, 1.165) is 16.1 Å². The fraction of sp³-hybridized carbons (Fsp3) is 0.222. The maximum Gasteiger partial charge on any atom is 0.274 e. The number of sulfonamides is 1. The normalized spacial score (nSPS) is 10.8. The van der Waals surface area contributed by atoms with Crippen molar-refractivity contribution >= 4 is 33.0 Å². The molecule has 0 saturated carbocycles. The van der Waals surface area contributed by atoms with E-state index in [4.69, 9.17) is 5.26 Å². The molecule has 1 N–H and O–H groups in total. The second-order valence-electron chi connectivity index (χ2n) is 6.03. The van der Waals surface area contributed by atoms with Gasteiger partial charge in [-0.25, -0.2) is 8.42 Å². The molecule has 0 aliphatic heterocycles. The molecule has 0 heterocycles. The number of hydrogen-bond acceptors (Lipinski definition) is 6. The highest BCUT2D eigenvalue weighted by atomic mass is 32.2. The molecule has 0 atom stereocenters. The van der Waals surface area contributed by atoms with Gasteiger partial charge in [-0.1, -0.05) is 18.2 Å². The van der Waals surface area contributed by atoms with Crippen LogP contribution in [-0.4, -0.2) is 32.0 Å². The summed E-state index contributed by atoms with van der Waals surface area (Å²) in [5, 5.41) is 22.4. The Bertz CT molecular complexity index is 1040. The predicted molar refractivity (Wildman–Crippen MR) is 104 cm³/mol. The molecule has 2 aromatic carbocycles. The zero-order chi connectivity index (χ0) is 20.9. The summed E-state index contributed by atoms with van der Waals surface area (Å²) in [5.74, 6) is -0.607. The van der Waals surface area contributed by atoms with Crippen LogP contribution in [0.5, 0.6) is 0 Å². The second-order valence-corrected chi connectivity index (χ2v) is 7.93. The standard InChI is InChI=1S/C18H18N4O5S/c1-13-16(4-3-5-17(13)22(24)25)21(28(2,26)27)12-18(23)20-15-8-6-14(7-9-15)10-11-19/h3-9H,10,12H2,1-2H3,(H,20,23). The number of carbonyl (C=O) groups is 1. The molecule has 9 nitrogen and oxygen atoms in total. The third kappa shape index (κ3) is 5.05. The topological polar surface area (TPSA) is 133 Å². The average Bonchev–Trinajstić information content (AvgIpc) is 2.61. The van der Waals surface area contributed by atoms with E-state index in [1.807, 2.05) is 6.07 Å². The molecule has 146 valence electrons. The number of nitro groups is 1. The lowest BCUT2D eigenvalue weighted by Gasteiger charge is -2.23. The van der Waals surface area contributed by atoms with E-state index < -0.39 is 27.4 Å². The van der Waals surface area contributed by atoms with Gasteiger partial charge in [-0.3, -0.25) is 19.2 Å². The van der Waals surface area contributed by atoms with Gasteiger partial charge in [0, 0.05) is 11.8 Å². The van der Waals surface area contributed by atoms with Gasteiger partial charge in [0.25, 0.3) is 5.69 Å². The maximum atomic E-state index is 12.4. The second kappa shape index (κ2) is 8.49. The zero-order valence-electron chi connectivity index (χ0n) is 15.2. The minimum atomic E-state index is -3.87. The van der Waals surface area contributed by atoms with Crippen molar-refractivity contribution in [2.45, 2.75) is 13.3 Å². The highest BCUT2D eigenvalue weighted by Crippen LogP contribution is 2.29. The first-order valence-corrected chi connectivity index (χ1v) is 9.95. The molecular weight excluding hydrogens is 384 g/mol. The molecule has 0 unspecified atom stereocenters. The van der Waals surface area contributed by atoms with Gasteiger partial charge in [-0.15, -0.1) is 0 Å². The summed E-state index contributed by atoms with van der Waals surface area (Å²) in [5.41, 5.74) is 1.20. The summed E-state index contributed by atoms with van der Waals surface area (Å²) < 4.78 is 25.3. The monoisotopic (exact) mass is 402 g/mol. The Balaban J connectivity index is 2.26. The van der Waals surface area contributed by atoms with Crippen molar-refractivity contribution < 1.29 is 18.1 Å². The third-order valence-electron chi connectivity index (χ3n) is 3.95. The number of anilines is 2. The van der Waals surface area contributed by atoms with Crippen molar-refractivity contribution in [1.29, 1.82) is 5.26 Å². The van der Waals surface area contributed by atoms with Crippen LogP contribution in [0.1, 0.15) is 11.1 Å². The van der Waals surface area contributed by atoms with Gasteiger partial charge in [0.2, 0.25) is 15.9 Å². The maximum absolute atomic E-state index is 12.4. The molecule has 1 amide bonds. The summed E-state index contributed by atoms with van der Waals surface area (Å²) >= 11 is 0. The number of rotatable bonds is 7. The van der Waals surface area contributed by atoms with E-state index in [1.165, 1.54) is 25.1 Å². The van der Waals surface area contributed by atoms with E-state index in [2.05, 4.69) is 5.32 Å². The van der Waals surface area contributed by atoms with Gasteiger partial charge in [0.05, 0.1) is 34.9 Å². The van der Waals surface area contributed by atoms with Crippen LogP contribution in [0.4, 0.5) is 17.1 Å². The number of hydrogen-bond donors (Lipinski definition) is 1. The fourth-order valence-corrected chi connectivity index (χ4v) is 3.50. The van der Waals surface area contributed by atoms with Crippen LogP contribution in [0.3, 0.4) is 0 Å². The average molecular weight is 402 g/mol. The van der Waals surface area contributed by atoms with Gasteiger partial charge in [-0.2, -0.15) is 5.26 Å². The minimum Gasteiger partial charge on any atom is -0.325 e. The van der Waals surface area contributed by atoms with Gasteiger partial charge in [-0.05, 0) is 30.7 Å². The number of nitriles is 1. The quantitative estimate of drug-likeness (QED) is 0.558.